The average Bonchev–Trinajstić information content (AvgIpc) is 2.17. The van der Waals surface area contributed by atoms with Crippen LogP contribution in [0.4, 0.5) is 4.39 Å². The minimum absolute atomic E-state index is 0.113. The van der Waals surface area contributed by atoms with Gasteiger partial charge in [0.2, 0.25) is 0 Å². The molecule has 3 nitrogen and oxygen atoms in total. The van der Waals surface area contributed by atoms with Gasteiger partial charge in [0.1, 0.15) is 0 Å². The van der Waals surface area contributed by atoms with Crippen LogP contribution in [0.3, 0.4) is 0 Å². The average molecular weight is 199 g/mol. The van der Waals surface area contributed by atoms with Crippen LogP contribution >= 0.6 is 0 Å². The first kappa shape index (κ1) is 10.9. The fourth-order valence-electron chi connectivity index (χ4n) is 1.16. The van der Waals surface area contributed by atoms with Gasteiger partial charge in [0.05, 0.1) is 13.2 Å². The van der Waals surface area contributed by atoms with Crippen LogP contribution < -0.4 is 10.5 Å². The fourth-order valence-corrected chi connectivity index (χ4v) is 1.16. The van der Waals surface area contributed by atoms with Gasteiger partial charge in [0, 0.05) is 6.04 Å². The van der Waals surface area contributed by atoms with E-state index in [4.69, 9.17) is 10.5 Å². The molecule has 0 saturated carbocycles. The van der Waals surface area contributed by atoms with E-state index >= 15 is 0 Å². The predicted molar refractivity (Wildman–Crippen MR) is 51.6 cm³/mol. The Kier molecular flexibility index (Phi) is 3.43. The maximum atomic E-state index is 13.0. The van der Waals surface area contributed by atoms with Crippen molar-refractivity contribution in [2.45, 2.75) is 19.1 Å². The van der Waals surface area contributed by atoms with Gasteiger partial charge in [-0.2, -0.15) is 0 Å². The van der Waals surface area contributed by atoms with Gasteiger partial charge in [0.15, 0.2) is 11.6 Å². The van der Waals surface area contributed by atoms with E-state index in [0.29, 0.717) is 5.56 Å². The fraction of sp³-hybridized carbons (Fsp3) is 0.400. The van der Waals surface area contributed by atoms with Crippen molar-refractivity contribution in [1.82, 2.24) is 0 Å². The summed E-state index contributed by atoms with van der Waals surface area (Å²) in [6, 6.07) is 3.79. The second-order valence-electron chi connectivity index (χ2n) is 3.20. The molecule has 0 aliphatic carbocycles. The molecule has 0 aromatic heterocycles. The van der Waals surface area contributed by atoms with E-state index in [2.05, 4.69) is 0 Å². The highest BCUT2D eigenvalue weighted by Crippen LogP contribution is 2.23. The van der Waals surface area contributed by atoms with E-state index in [1.54, 1.807) is 6.92 Å². The molecule has 1 aromatic rings. The number of rotatable bonds is 3. The van der Waals surface area contributed by atoms with Crippen LogP contribution in [-0.4, -0.2) is 18.3 Å². The molecule has 0 amide bonds. The second kappa shape index (κ2) is 4.39. The molecule has 0 spiro atoms. The normalized spacial score (nSPS) is 14.9. The summed E-state index contributed by atoms with van der Waals surface area (Å²) in [4.78, 5) is 0. The molecule has 2 atom stereocenters. The van der Waals surface area contributed by atoms with Gasteiger partial charge in [-0.1, -0.05) is 6.07 Å². The smallest absolute Gasteiger partial charge is 0.165 e. The molecular formula is C10H14FNO2. The van der Waals surface area contributed by atoms with Crippen molar-refractivity contribution in [3.8, 4) is 5.75 Å². The van der Waals surface area contributed by atoms with Crippen LogP contribution in [0.1, 0.15) is 18.6 Å². The molecule has 0 fully saturated rings. The first-order valence-electron chi connectivity index (χ1n) is 4.33. The Morgan fingerprint density at radius 3 is 2.64 bits per heavy atom. The summed E-state index contributed by atoms with van der Waals surface area (Å²) in [7, 11) is 1.38. The molecule has 0 unspecified atom stereocenters. The molecule has 0 radical (unpaired) electrons. The Labute approximate surface area is 82.3 Å². The quantitative estimate of drug-likeness (QED) is 0.769. The van der Waals surface area contributed by atoms with Crippen LogP contribution in [0, 0.1) is 5.82 Å². The number of hydrogen-bond acceptors (Lipinski definition) is 3. The monoisotopic (exact) mass is 199 g/mol. The van der Waals surface area contributed by atoms with Crippen molar-refractivity contribution in [3.63, 3.8) is 0 Å². The van der Waals surface area contributed by atoms with Crippen LogP contribution in [0.5, 0.6) is 5.75 Å². The molecule has 0 saturated heterocycles. The largest absolute Gasteiger partial charge is 0.494 e. The van der Waals surface area contributed by atoms with Gasteiger partial charge in [-0.3, -0.25) is 0 Å². The Morgan fingerprint density at radius 2 is 2.14 bits per heavy atom. The maximum absolute atomic E-state index is 13.0. The van der Waals surface area contributed by atoms with Crippen molar-refractivity contribution in [1.29, 1.82) is 0 Å². The lowest BCUT2D eigenvalue weighted by Gasteiger charge is -2.15. The van der Waals surface area contributed by atoms with Gasteiger partial charge >= 0.3 is 0 Å². The first-order valence-corrected chi connectivity index (χ1v) is 4.33. The number of aliphatic hydroxyl groups is 1. The summed E-state index contributed by atoms with van der Waals surface area (Å²) in [5.41, 5.74) is 6.07. The van der Waals surface area contributed by atoms with Crippen LogP contribution in [0.2, 0.25) is 0 Å². The molecule has 3 N–H and O–H groups in total. The van der Waals surface area contributed by atoms with Crippen LogP contribution in [-0.2, 0) is 0 Å². The zero-order valence-corrected chi connectivity index (χ0v) is 8.20. The number of halogens is 1. The summed E-state index contributed by atoms with van der Waals surface area (Å²) < 4.78 is 17.8. The summed E-state index contributed by atoms with van der Waals surface area (Å²) in [6.07, 6.45) is -0.801. The van der Waals surface area contributed by atoms with E-state index in [1.165, 1.54) is 25.3 Å². The number of nitrogens with two attached hydrogens (primary N) is 1. The minimum Gasteiger partial charge on any atom is -0.494 e. The molecule has 78 valence electrons. The van der Waals surface area contributed by atoms with Gasteiger partial charge in [0.25, 0.3) is 0 Å². The topological polar surface area (TPSA) is 55.5 Å². The third kappa shape index (κ3) is 2.21. The molecule has 4 heteroatoms. The Hall–Kier alpha value is -1.13. The molecule has 0 aliphatic rings. The zero-order valence-electron chi connectivity index (χ0n) is 8.20. The highest BCUT2D eigenvalue weighted by atomic mass is 19.1. The third-order valence-electron chi connectivity index (χ3n) is 2.01. The van der Waals surface area contributed by atoms with E-state index in [9.17, 15) is 9.50 Å². The minimum atomic E-state index is -0.801. The van der Waals surface area contributed by atoms with E-state index in [0.717, 1.165) is 0 Å². The Morgan fingerprint density at radius 1 is 1.50 bits per heavy atom. The van der Waals surface area contributed by atoms with Crippen molar-refractivity contribution >= 4 is 0 Å². The summed E-state index contributed by atoms with van der Waals surface area (Å²) in [5.74, 6) is -0.338. The Balaban J connectivity index is 3.00. The summed E-state index contributed by atoms with van der Waals surface area (Å²) in [5, 5.41) is 9.61. The Bertz CT molecular complexity index is 315. The molecule has 1 rings (SSSR count). The van der Waals surface area contributed by atoms with Crippen molar-refractivity contribution in [2.75, 3.05) is 7.11 Å². The second-order valence-corrected chi connectivity index (χ2v) is 3.20. The number of ether oxygens (including phenoxy) is 1. The SMILES string of the molecule is COc1cc([C@H](O)[C@@H](C)N)ccc1F. The van der Waals surface area contributed by atoms with Crippen LogP contribution in [0.15, 0.2) is 18.2 Å². The number of hydrogen-bond donors (Lipinski definition) is 2. The van der Waals surface area contributed by atoms with E-state index in [1.807, 2.05) is 0 Å². The molecule has 0 aliphatic heterocycles. The molecular weight excluding hydrogens is 185 g/mol. The standard InChI is InChI=1S/C10H14FNO2/c1-6(12)10(13)7-3-4-8(11)9(5-7)14-2/h3-6,10,13H,12H2,1-2H3/t6-,10-/m1/s1. The molecule has 1 aromatic carbocycles. The van der Waals surface area contributed by atoms with Gasteiger partial charge in [-0.15, -0.1) is 0 Å². The van der Waals surface area contributed by atoms with Crippen molar-refractivity contribution in [3.05, 3.63) is 29.6 Å². The molecule has 14 heavy (non-hydrogen) atoms. The highest BCUT2D eigenvalue weighted by molar-refractivity contribution is 5.31. The van der Waals surface area contributed by atoms with Crippen molar-refractivity contribution < 1.29 is 14.2 Å². The summed E-state index contributed by atoms with van der Waals surface area (Å²) >= 11 is 0. The summed E-state index contributed by atoms with van der Waals surface area (Å²) in [6.45, 7) is 1.68. The number of methoxy groups -OCH3 is 1. The lowest BCUT2D eigenvalue weighted by Crippen LogP contribution is -2.24. The first-order chi connectivity index (χ1) is 6.56. The van der Waals surface area contributed by atoms with Crippen molar-refractivity contribution in [2.24, 2.45) is 5.73 Å². The zero-order chi connectivity index (χ0) is 10.7. The lowest BCUT2D eigenvalue weighted by atomic mass is 10.0. The molecule has 0 heterocycles. The number of aliphatic hydroxyl groups excluding tert-OH is 1. The van der Waals surface area contributed by atoms with E-state index in [-0.39, 0.29) is 5.75 Å². The van der Waals surface area contributed by atoms with Gasteiger partial charge < -0.3 is 15.6 Å². The van der Waals surface area contributed by atoms with E-state index < -0.39 is 18.0 Å². The maximum Gasteiger partial charge on any atom is 0.165 e. The lowest BCUT2D eigenvalue weighted by molar-refractivity contribution is 0.153. The van der Waals surface area contributed by atoms with Gasteiger partial charge in [-0.25, -0.2) is 4.39 Å². The third-order valence-corrected chi connectivity index (χ3v) is 2.01. The predicted octanol–water partition coefficient (Wildman–Crippen LogP) is 1.21. The highest BCUT2D eigenvalue weighted by Gasteiger charge is 2.14. The van der Waals surface area contributed by atoms with Crippen LogP contribution in [0.25, 0.3) is 0 Å². The number of benzene rings is 1. The molecule has 0 bridgehead atoms. The van der Waals surface area contributed by atoms with Gasteiger partial charge in [-0.05, 0) is 24.6 Å².